The number of hydrogen-bond donors (Lipinski definition) is 1. The number of halogens is 2. The summed E-state index contributed by atoms with van der Waals surface area (Å²) in [5, 5.41) is 0.110. The monoisotopic (exact) mass is 324 g/mol. The van der Waals surface area contributed by atoms with E-state index in [1.807, 2.05) is 0 Å². The van der Waals surface area contributed by atoms with Gasteiger partial charge in [0.05, 0.1) is 10.9 Å². The maximum absolute atomic E-state index is 13.6. The van der Waals surface area contributed by atoms with Crippen molar-refractivity contribution >= 4 is 27.6 Å². The summed E-state index contributed by atoms with van der Waals surface area (Å²) in [6.07, 6.45) is 1.52. The van der Waals surface area contributed by atoms with Crippen LogP contribution in [0.2, 0.25) is 0 Å². The average molecular weight is 325 g/mol. The maximum Gasteiger partial charge on any atom is 0.249 e. The molecule has 1 N–H and O–H groups in total. The molecule has 4 nitrogen and oxygen atoms in total. The summed E-state index contributed by atoms with van der Waals surface area (Å²) in [7, 11) is 0. The van der Waals surface area contributed by atoms with Crippen LogP contribution in [-0.4, -0.2) is 21.7 Å². The van der Waals surface area contributed by atoms with Crippen LogP contribution in [0.5, 0.6) is 0 Å². The quantitative estimate of drug-likeness (QED) is 0.693. The second-order valence-corrected chi connectivity index (χ2v) is 4.30. The minimum absolute atomic E-state index is 0.0319. The van der Waals surface area contributed by atoms with Crippen molar-refractivity contribution in [2.45, 2.75) is 0 Å². The number of alkyl halides is 1. The number of nitrogens with zero attached hydrogens (tertiary/aromatic N) is 1. The van der Waals surface area contributed by atoms with Gasteiger partial charge in [-0.1, -0.05) is 28.1 Å². The molecule has 0 aliphatic rings. The molecule has 1 aromatic heterocycles. The topological polar surface area (TPSA) is 51.1 Å². The van der Waals surface area contributed by atoms with Crippen LogP contribution in [0.4, 0.5) is 4.39 Å². The lowest BCUT2D eigenvalue weighted by molar-refractivity contribution is -0.114. The lowest BCUT2D eigenvalue weighted by Crippen LogP contribution is -2.26. The molecule has 2 aromatic rings. The molecular formula is C13H10BrFN2O2. The zero-order valence-corrected chi connectivity index (χ0v) is 11.4. The highest BCUT2D eigenvalue weighted by atomic mass is 79.9. The van der Waals surface area contributed by atoms with Gasteiger partial charge in [-0.05, 0) is 24.3 Å². The minimum Gasteiger partial charge on any atom is -0.287 e. The Labute approximate surface area is 117 Å². The van der Waals surface area contributed by atoms with Crippen molar-refractivity contribution < 1.29 is 14.0 Å². The first-order valence-electron chi connectivity index (χ1n) is 5.46. The standard InChI is InChI=1S/C13H10BrFN2O2/c14-8-12(18)16-17-7-3-6-11(17)13(19)9-4-1-2-5-10(9)15/h1-7H,8H2,(H,16,18). The Balaban J connectivity index is 2.33. The first kappa shape index (κ1) is 13.5. The highest BCUT2D eigenvalue weighted by Gasteiger charge is 2.17. The number of aromatic nitrogens is 1. The molecule has 0 radical (unpaired) electrons. The van der Waals surface area contributed by atoms with Gasteiger partial charge in [-0.25, -0.2) is 4.39 Å². The van der Waals surface area contributed by atoms with Gasteiger partial charge in [0.2, 0.25) is 11.7 Å². The molecule has 0 saturated heterocycles. The van der Waals surface area contributed by atoms with Gasteiger partial charge in [0.1, 0.15) is 11.5 Å². The van der Waals surface area contributed by atoms with E-state index in [4.69, 9.17) is 0 Å². The molecular weight excluding hydrogens is 315 g/mol. The molecule has 1 aromatic carbocycles. The van der Waals surface area contributed by atoms with Crippen molar-refractivity contribution in [1.82, 2.24) is 4.68 Å². The molecule has 2 rings (SSSR count). The van der Waals surface area contributed by atoms with Gasteiger partial charge in [-0.2, -0.15) is 0 Å². The molecule has 1 heterocycles. The van der Waals surface area contributed by atoms with Crippen LogP contribution in [0.3, 0.4) is 0 Å². The molecule has 0 atom stereocenters. The van der Waals surface area contributed by atoms with Crippen molar-refractivity contribution in [1.29, 1.82) is 0 Å². The Bertz CT molecular complexity index is 625. The molecule has 0 aliphatic carbocycles. The maximum atomic E-state index is 13.6. The van der Waals surface area contributed by atoms with Crippen LogP contribution in [0.15, 0.2) is 42.6 Å². The molecule has 0 spiro atoms. The third-order valence-corrected chi connectivity index (χ3v) is 2.98. The van der Waals surface area contributed by atoms with Gasteiger partial charge in [0.25, 0.3) is 0 Å². The van der Waals surface area contributed by atoms with E-state index in [0.717, 1.165) is 0 Å². The lowest BCUT2D eigenvalue weighted by Gasteiger charge is -2.09. The first-order chi connectivity index (χ1) is 9.13. The summed E-state index contributed by atoms with van der Waals surface area (Å²) in [6.45, 7) is 0. The molecule has 0 fully saturated rings. The SMILES string of the molecule is O=C(CBr)Nn1cccc1C(=O)c1ccccc1F. The van der Waals surface area contributed by atoms with E-state index >= 15 is 0 Å². The summed E-state index contributed by atoms with van der Waals surface area (Å²) in [6, 6.07) is 8.84. The number of rotatable bonds is 4. The van der Waals surface area contributed by atoms with E-state index < -0.39 is 11.6 Å². The van der Waals surface area contributed by atoms with Crippen LogP contribution in [-0.2, 0) is 4.79 Å². The number of carbonyl (C=O) groups excluding carboxylic acids is 2. The summed E-state index contributed by atoms with van der Waals surface area (Å²) in [5.41, 5.74) is 2.66. The molecule has 19 heavy (non-hydrogen) atoms. The van der Waals surface area contributed by atoms with Crippen molar-refractivity contribution in [3.05, 3.63) is 59.7 Å². The van der Waals surface area contributed by atoms with Gasteiger partial charge in [-0.15, -0.1) is 0 Å². The zero-order valence-electron chi connectivity index (χ0n) is 9.77. The van der Waals surface area contributed by atoms with Gasteiger partial charge >= 0.3 is 0 Å². The fraction of sp³-hybridized carbons (Fsp3) is 0.0769. The zero-order chi connectivity index (χ0) is 13.8. The van der Waals surface area contributed by atoms with Gasteiger partial charge in [-0.3, -0.25) is 19.7 Å². The second-order valence-electron chi connectivity index (χ2n) is 3.74. The van der Waals surface area contributed by atoms with Crippen LogP contribution in [0, 0.1) is 5.82 Å². The fourth-order valence-corrected chi connectivity index (χ4v) is 1.74. The van der Waals surface area contributed by atoms with Gasteiger partial charge < -0.3 is 0 Å². The van der Waals surface area contributed by atoms with Crippen molar-refractivity contribution in [3.8, 4) is 0 Å². The van der Waals surface area contributed by atoms with Crippen molar-refractivity contribution in [2.75, 3.05) is 10.8 Å². The largest absolute Gasteiger partial charge is 0.287 e. The van der Waals surface area contributed by atoms with E-state index in [1.54, 1.807) is 12.1 Å². The van der Waals surface area contributed by atoms with E-state index in [-0.39, 0.29) is 22.5 Å². The van der Waals surface area contributed by atoms with E-state index in [9.17, 15) is 14.0 Å². The number of hydrogen-bond acceptors (Lipinski definition) is 2. The summed E-state index contributed by atoms with van der Waals surface area (Å²) in [5.74, 6) is -1.39. The summed E-state index contributed by atoms with van der Waals surface area (Å²) < 4.78 is 14.8. The number of nitrogens with one attached hydrogen (secondary N) is 1. The van der Waals surface area contributed by atoms with Crippen LogP contribution >= 0.6 is 15.9 Å². The van der Waals surface area contributed by atoms with Crippen molar-refractivity contribution in [2.24, 2.45) is 0 Å². The Morgan fingerprint density at radius 1 is 1.21 bits per heavy atom. The lowest BCUT2D eigenvalue weighted by atomic mass is 10.1. The minimum atomic E-state index is -0.591. The normalized spacial score (nSPS) is 10.2. The molecule has 0 saturated carbocycles. The average Bonchev–Trinajstić information content (AvgIpc) is 2.86. The van der Waals surface area contributed by atoms with Crippen LogP contribution in [0.1, 0.15) is 16.1 Å². The fourth-order valence-electron chi connectivity index (χ4n) is 1.61. The molecule has 0 aliphatic heterocycles. The molecule has 1 amide bonds. The van der Waals surface area contributed by atoms with E-state index in [1.165, 1.54) is 35.1 Å². The predicted octanol–water partition coefficient (Wildman–Crippen LogP) is 2.32. The van der Waals surface area contributed by atoms with E-state index in [2.05, 4.69) is 21.4 Å². The smallest absolute Gasteiger partial charge is 0.249 e. The molecule has 0 unspecified atom stereocenters. The molecule has 98 valence electrons. The highest BCUT2D eigenvalue weighted by Crippen LogP contribution is 2.13. The van der Waals surface area contributed by atoms with E-state index in [0.29, 0.717) is 0 Å². The third kappa shape index (κ3) is 2.90. The predicted molar refractivity (Wildman–Crippen MR) is 72.4 cm³/mol. The van der Waals surface area contributed by atoms with Crippen LogP contribution < -0.4 is 5.43 Å². The number of carbonyl (C=O) groups is 2. The van der Waals surface area contributed by atoms with Crippen molar-refractivity contribution in [3.63, 3.8) is 0 Å². The van der Waals surface area contributed by atoms with Gasteiger partial charge in [0.15, 0.2) is 0 Å². The van der Waals surface area contributed by atoms with Gasteiger partial charge in [0, 0.05) is 6.20 Å². The summed E-state index contributed by atoms with van der Waals surface area (Å²) in [4.78, 5) is 23.5. The Kier molecular flexibility index (Phi) is 4.11. The Hall–Kier alpha value is -1.95. The Morgan fingerprint density at radius 2 is 1.95 bits per heavy atom. The third-order valence-electron chi connectivity index (χ3n) is 2.47. The highest BCUT2D eigenvalue weighted by molar-refractivity contribution is 9.09. The first-order valence-corrected chi connectivity index (χ1v) is 6.58. The van der Waals surface area contributed by atoms with Crippen LogP contribution in [0.25, 0.3) is 0 Å². The number of ketones is 1. The number of benzene rings is 1. The molecule has 0 bridgehead atoms. The Morgan fingerprint density at radius 3 is 2.63 bits per heavy atom. The summed E-state index contributed by atoms with van der Waals surface area (Å²) >= 11 is 3.01. The molecule has 6 heteroatoms. The number of amides is 1. The second kappa shape index (κ2) is 5.79.